The highest BCUT2D eigenvalue weighted by atomic mass is 35.5. The number of likely N-dealkylation sites (N-methyl/N-ethyl adjacent to an activating group) is 1. The summed E-state index contributed by atoms with van der Waals surface area (Å²) in [5.41, 5.74) is 1.62. The second-order valence-corrected chi connectivity index (χ2v) is 7.11. The number of amides is 2. The minimum atomic E-state index is -0.649. The van der Waals surface area contributed by atoms with Gasteiger partial charge in [-0.25, -0.2) is 0 Å². The number of carbonyl (C=O) groups is 2. The topological polar surface area (TPSA) is 49.4 Å². The van der Waals surface area contributed by atoms with E-state index >= 15 is 0 Å². The van der Waals surface area contributed by atoms with Crippen LogP contribution in [0.1, 0.15) is 30.9 Å². The lowest BCUT2D eigenvalue weighted by Crippen LogP contribution is -2.49. The highest BCUT2D eigenvalue weighted by Crippen LogP contribution is 2.27. The van der Waals surface area contributed by atoms with E-state index in [4.69, 9.17) is 23.2 Å². The Morgan fingerprint density at radius 3 is 2.22 bits per heavy atom. The van der Waals surface area contributed by atoms with Crippen molar-refractivity contribution in [3.05, 3.63) is 69.7 Å². The van der Waals surface area contributed by atoms with Crippen molar-refractivity contribution in [2.45, 2.75) is 38.8 Å². The Morgan fingerprint density at radius 2 is 1.67 bits per heavy atom. The first kappa shape index (κ1) is 21.3. The summed E-state index contributed by atoms with van der Waals surface area (Å²) >= 11 is 12.6. The lowest BCUT2D eigenvalue weighted by atomic mass is 10.0. The van der Waals surface area contributed by atoms with Crippen LogP contribution in [0, 0.1) is 0 Å². The zero-order valence-electron chi connectivity index (χ0n) is 15.5. The standard InChI is InChI=1S/C21H24Cl2N2O2/c1-3-8-20(26)25(14-16-17(22)11-7-12-18(16)23)19(21(27)24-2)13-15-9-5-4-6-10-15/h4-7,9-12,19H,3,8,13-14H2,1-2H3,(H,24,27). The lowest BCUT2D eigenvalue weighted by Gasteiger charge is -2.31. The first-order valence-corrected chi connectivity index (χ1v) is 9.71. The SMILES string of the molecule is CCCC(=O)N(Cc1c(Cl)cccc1Cl)C(Cc1ccccc1)C(=O)NC. The van der Waals surface area contributed by atoms with Crippen molar-refractivity contribution in [1.82, 2.24) is 10.2 Å². The predicted molar refractivity (Wildman–Crippen MR) is 110 cm³/mol. The van der Waals surface area contributed by atoms with E-state index in [-0.39, 0.29) is 18.4 Å². The monoisotopic (exact) mass is 406 g/mol. The highest BCUT2D eigenvalue weighted by Gasteiger charge is 2.30. The fraction of sp³-hybridized carbons (Fsp3) is 0.333. The van der Waals surface area contributed by atoms with Gasteiger partial charge < -0.3 is 10.2 Å². The van der Waals surface area contributed by atoms with Crippen LogP contribution in [0.5, 0.6) is 0 Å². The smallest absolute Gasteiger partial charge is 0.242 e. The van der Waals surface area contributed by atoms with Crippen molar-refractivity contribution in [1.29, 1.82) is 0 Å². The van der Waals surface area contributed by atoms with Crippen molar-refractivity contribution in [2.75, 3.05) is 7.05 Å². The number of benzene rings is 2. The van der Waals surface area contributed by atoms with Crippen LogP contribution in [0.4, 0.5) is 0 Å². The lowest BCUT2D eigenvalue weighted by molar-refractivity contribution is -0.141. The Bertz CT molecular complexity index is 761. The molecule has 0 bridgehead atoms. The normalized spacial score (nSPS) is 11.7. The molecule has 0 saturated heterocycles. The minimum Gasteiger partial charge on any atom is -0.357 e. The molecule has 0 spiro atoms. The number of carbonyl (C=O) groups excluding carboxylic acids is 2. The molecule has 1 N–H and O–H groups in total. The second-order valence-electron chi connectivity index (χ2n) is 6.29. The molecule has 2 rings (SSSR count). The number of nitrogens with zero attached hydrogens (tertiary/aromatic N) is 1. The molecule has 2 aromatic rings. The van der Waals surface area contributed by atoms with Crippen LogP contribution in [-0.4, -0.2) is 29.8 Å². The average molecular weight is 407 g/mol. The average Bonchev–Trinajstić information content (AvgIpc) is 2.67. The van der Waals surface area contributed by atoms with Gasteiger partial charge in [0, 0.05) is 42.0 Å². The Hall–Kier alpha value is -2.04. The number of halogens is 2. The molecule has 0 aliphatic carbocycles. The molecule has 1 unspecified atom stereocenters. The Morgan fingerprint density at radius 1 is 1.04 bits per heavy atom. The van der Waals surface area contributed by atoms with Crippen molar-refractivity contribution in [3.63, 3.8) is 0 Å². The first-order chi connectivity index (χ1) is 13.0. The quantitative estimate of drug-likeness (QED) is 0.702. The van der Waals surface area contributed by atoms with Gasteiger partial charge in [-0.05, 0) is 24.1 Å². The van der Waals surface area contributed by atoms with E-state index in [1.54, 1.807) is 30.1 Å². The largest absolute Gasteiger partial charge is 0.357 e. The van der Waals surface area contributed by atoms with Gasteiger partial charge in [-0.3, -0.25) is 9.59 Å². The highest BCUT2D eigenvalue weighted by molar-refractivity contribution is 6.36. The molecule has 0 aliphatic heterocycles. The molecular formula is C21H24Cl2N2O2. The molecule has 144 valence electrons. The molecule has 0 heterocycles. The third-order valence-corrected chi connectivity index (χ3v) is 5.08. The van der Waals surface area contributed by atoms with Gasteiger partial charge >= 0.3 is 0 Å². The van der Waals surface area contributed by atoms with Crippen molar-refractivity contribution < 1.29 is 9.59 Å². The van der Waals surface area contributed by atoms with Crippen molar-refractivity contribution in [3.8, 4) is 0 Å². The fourth-order valence-electron chi connectivity index (χ4n) is 2.93. The van der Waals surface area contributed by atoms with Gasteiger partial charge in [-0.1, -0.05) is 66.5 Å². The zero-order chi connectivity index (χ0) is 19.8. The summed E-state index contributed by atoms with van der Waals surface area (Å²) in [6.07, 6.45) is 1.46. The van der Waals surface area contributed by atoms with Crippen LogP contribution in [0.3, 0.4) is 0 Å². The van der Waals surface area contributed by atoms with E-state index < -0.39 is 6.04 Å². The Kier molecular flexibility index (Phi) is 8.14. The van der Waals surface area contributed by atoms with Crippen LogP contribution in [0.25, 0.3) is 0 Å². The molecule has 0 fully saturated rings. The Balaban J connectivity index is 2.41. The van der Waals surface area contributed by atoms with Gasteiger partial charge in [0.1, 0.15) is 6.04 Å². The molecule has 6 heteroatoms. The summed E-state index contributed by atoms with van der Waals surface area (Å²) in [5.74, 6) is -0.315. The maximum Gasteiger partial charge on any atom is 0.242 e. The van der Waals surface area contributed by atoms with E-state index in [0.29, 0.717) is 34.9 Å². The maximum absolute atomic E-state index is 12.9. The predicted octanol–water partition coefficient (Wildman–Crippen LogP) is 4.48. The molecule has 0 radical (unpaired) electrons. The van der Waals surface area contributed by atoms with E-state index in [9.17, 15) is 9.59 Å². The maximum atomic E-state index is 12.9. The molecule has 4 nitrogen and oxygen atoms in total. The van der Waals surface area contributed by atoms with Crippen molar-refractivity contribution >= 4 is 35.0 Å². The van der Waals surface area contributed by atoms with Gasteiger partial charge in [0.15, 0.2) is 0 Å². The molecule has 0 aromatic heterocycles. The first-order valence-electron chi connectivity index (χ1n) is 8.95. The third-order valence-electron chi connectivity index (χ3n) is 4.37. The zero-order valence-corrected chi connectivity index (χ0v) is 17.1. The number of hydrogen-bond donors (Lipinski definition) is 1. The van der Waals surface area contributed by atoms with Gasteiger partial charge in [-0.15, -0.1) is 0 Å². The molecule has 27 heavy (non-hydrogen) atoms. The summed E-state index contributed by atoms with van der Waals surface area (Å²) in [5, 5.41) is 3.64. The van der Waals surface area contributed by atoms with Crippen LogP contribution in [0.2, 0.25) is 10.0 Å². The molecule has 0 saturated carbocycles. The number of rotatable bonds is 8. The third kappa shape index (κ3) is 5.72. The van der Waals surface area contributed by atoms with Gasteiger partial charge in [0.25, 0.3) is 0 Å². The molecule has 1 atom stereocenters. The molecule has 0 aliphatic rings. The minimum absolute atomic E-state index is 0.0991. The molecular weight excluding hydrogens is 383 g/mol. The van der Waals surface area contributed by atoms with Crippen LogP contribution >= 0.6 is 23.2 Å². The summed E-state index contributed by atoms with van der Waals surface area (Å²) in [7, 11) is 1.57. The second kappa shape index (κ2) is 10.3. The fourth-order valence-corrected chi connectivity index (χ4v) is 3.45. The Labute approximate surface area is 170 Å². The van der Waals surface area contributed by atoms with Crippen LogP contribution < -0.4 is 5.32 Å². The number of hydrogen-bond acceptors (Lipinski definition) is 2. The van der Waals surface area contributed by atoms with Gasteiger partial charge in [0.05, 0.1) is 0 Å². The molecule has 2 aromatic carbocycles. The van der Waals surface area contributed by atoms with Crippen LogP contribution in [0.15, 0.2) is 48.5 Å². The van der Waals surface area contributed by atoms with E-state index in [1.807, 2.05) is 37.3 Å². The van der Waals surface area contributed by atoms with Gasteiger partial charge in [-0.2, -0.15) is 0 Å². The summed E-state index contributed by atoms with van der Waals surface area (Å²) < 4.78 is 0. The van der Waals surface area contributed by atoms with E-state index in [1.165, 1.54) is 0 Å². The van der Waals surface area contributed by atoms with E-state index in [2.05, 4.69) is 5.32 Å². The van der Waals surface area contributed by atoms with Gasteiger partial charge in [0.2, 0.25) is 11.8 Å². The summed E-state index contributed by atoms with van der Waals surface area (Å²) in [4.78, 5) is 27.1. The van der Waals surface area contributed by atoms with E-state index in [0.717, 1.165) is 5.56 Å². The van der Waals surface area contributed by atoms with Crippen LogP contribution in [-0.2, 0) is 22.6 Å². The molecule has 2 amide bonds. The number of nitrogens with one attached hydrogen (secondary N) is 1. The van der Waals surface area contributed by atoms with Crippen molar-refractivity contribution in [2.24, 2.45) is 0 Å². The summed E-state index contributed by atoms with van der Waals surface area (Å²) in [6, 6.07) is 14.2. The summed E-state index contributed by atoms with van der Waals surface area (Å²) in [6.45, 7) is 2.12.